The van der Waals surface area contributed by atoms with Gasteiger partial charge in [-0.3, -0.25) is 4.90 Å². The fraction of sp³-hybridized carbons (Fsp3) is 0.250. The standard InChI is InChI=1S/C20H19FN2O2/c21-13-7-8-18-16(11-13)17(12-22-18)19(23-9-3-4-10-23)14-5-1-2-6-15(14)20(24)25/h1-2,5-8,11-12,19,22H,3-4,9-10H2,(H,24,25). The van der Waals surface area contributed by atoms with Crippen molar-refractivity contribution in [3.8, 4) is 0 Å². The van der Waals surface area contributed by atoms with Crippen LogP contribution < -0.4 is 0 Å². The number of nitrogens with one attached hydrogen (secondary N) is 1. The smallest absolute Gasteiger partial charge is 0.336 e. The minimum atomic E-state index is -0.939. The van der Waals surface area contributed by atoms with E-state index >= 15 is 0 Å². The molecule has 0 amide bonds. The molecule has 1 saturated heterocycles. The number of halogens is 1. The average Bonchev–Trinajstić information content (AvgIpc) is 3.26. The SMILES string of the molecule is O=C(O)c1ccccc1C(c1c[nH]c2ccc(F)cc12)N1CCCC1. The lowest BCUT2D eigenvalue weighted by Crippen LogP contribution is -2.28. The number of aromatic nitrogens is 1. The fourth-order valence-electron chi connectivity index (χ4n) is 3.83. The summed E-state index contributed by atoms with van der Waals surface area (Å²) in [6, 6.07) is 11.6. The van der Waals surface area contributed by atoms with Crippen LogP contribution in [0.2, 0.25) is 0 Å². The van der Waals surface area contributed by atoms with E-state index in [9.17, 15) is 14.3 Å². The number of carbonyl (C=O) groups is 1. The third kappa shape index (κ3) is 2.81. The highest BCUT2D eigenvalue weighted by molar-refractivity contribution is 5.91. The van der Waals surface area contributed by atoms with Crippen molar-refractivity contribution in [2.24, 2.45) is 0 Å². The number of fused-ring (bicyclic) bond motifs is 1. The summed E-state index contributed by atoms with van der Waals surface area (Å²) in [5.74, 6) is -1.23. The molecule has 0 spiro atoms. The van der Waals surface area contributed by atoms with E-state index in [1.54, 1.807) is 18.2 Å². The maximum Gasteiger partial charge on any atom is 0.336 e. The first kappa shape index (κ1) is 15.8. The zero-order valence-electron chi connectivity index (χ0n) is 13.7. The van der Waals surface area contributed by atoms with Gasteiger partial charge in [-0.25, -0.2) is 9.18 Å². The van der Waals surface area contributed by atoms with Crippen LogP contribution in [0.4, 0.5) is 4.39 Å². The quantitative estimate of drug-likeness (QED) is 0.750. The van der Waals surface area contributed by atoms with Crippen LogP contribution in [0.1, 0.15) is 40.4 Å². The van der Waals surface area contributed by atoms with Crippen LogP contribution in [0.25, 0.3) is 10.9 Å². The predicted octanol–water partition coefficient (Wildman–Crippen LogP) is 4.19. The number of hydrogen-bond donors (Lipinski definition) is 2. The third-order valence-corrected chi connectivity index (χ3v) is 4.96. The molecule has 0 aliphatic carbocycles. The van der Waals surface area contributed by atoms with Gasteiger partial charge in [0.05, 0.1) is 11.6 Å². The summed E-state index contributed by atoms with van der Waals surface area (Å²) in [5, 5.41) is 10.4. The maximum atomic E-state index is 13.8. The molecular weight excluding hydrogens is 319 g/mol. The average molecular weight is 338 g/mol. The Labute approximate surface area is 144 Å². The van der Waals surface area contributed by atoms with Crippen LogP contribution in [0.5, 0.6) is 0 Å². The van der Waals surface area contributed by atoms with Crippen LogP contribution in [0, 0.1) is 5.82 Å². The number of H-pyrrole nitrogens is 1. The number of aromatic carboxylic acids is 1. The maximum absolute atomic E-state index is 13.8. The van der Waals surface area contributed by atoms with Gasteiger partial charge in [0.1, 0.15) is 5.82 Å². The monoisotopic (exact) mass is 338 g/mol. The van der Waals surface area contributed by atoms with E-state index in [4.69, 9.17) is 0 Å². The van der Waals surface area contributed by atoms with Gasteiger partial charge in [-0.05, 0) is 61.3 Å². The lowest BCUT2D eigenvalue weighted by atomic mass is 9.93. The molecule has 1 atom stereocenters. The first-order valence-corrected chi connectivity index (χ1v) is 8.48. The minimum Gasteiger partial charge on any atom is -0.478 e. The summed E-state index contributed by atoms with van der Waals surface area (Å²) < 4.78 is 13.8. The summed E-state index contributed by atoms with van der Waals surface area (Å²) in [4.78, 5) is 17.2. The number of aromatic amines is 1. The first-order chi connectivity index (χ1) is 12.1. The highest BCUT2D eigenvalue weighted by Crippen LogP contribution is 2.37. The highest BCUT2D eigenvalue weighted by Gasteiger charge is 2.30. The largest absolute Gasteiger partial charge is 0.478 e. The van der Waals surface area contributed by atoms with E-state index in [0.29, 0.717) is 5.56 Å². The molecule has 2 aromatic carbocycles. The molecule has 4 rings (SSSR count). The summed E-state index contributed by atoms with van der Waals surface area (Å²) in [6.07, 6.45) is 4.05. The highest BCUT2D eigenvalue weighted by atomic mass is 19.1. The van der Waals surface area contributed by atoms with E-state index in [0.717, 1.165) is 48.0 Å². The van der Waals surface area contributed by atoms with Gasteiger partial charge in [-0.15, -0.1) is 0 Å². The Hall–Kier alpha value is -2.66. The summed E-state index contributed by atoms with van der Waals surface area (Å²) in [5.41, 5.74) is 2.82. The van der Waals surface area contributed by atoms with Crippen molar-refractivity contribution in [3.63, 3.8) is 0 Å². The summed E-state index contributed by atoms with van der Waals surface area (Å²) in [7, 11) is 0. The number of rotatable bonds is 4. The van der Waals surface area contributed by atoms with Gasteiger partial charge >= 0.3 is 5.97 Å². The molecule has 3 aromatic rings. The normalized spacial score (nSPS) is 16.4. The van der Waals surface area contributed by atoms with Crippen molar-refractivity contribution in [2.75, 3.05) is 13.1 Å². The van der Waals surface area contributed by atoms with Crippen molar-refractivity contribution in [1.82, 2.24) is 9.88 Å². The Morgan fingerprint density at radius 1 is 1.12 bits per heavy atom. The number of hydrogen-bond acceptors (Lipinski definition) is 2. The van der Waals surface area contributed by atoms with Gasteiger partial charge in [0.25, 0.3) is 0 Å². The minimum absolute atomic E-state index is 0.203. The third-order valence-electron chi connectivity index (χ3n) is 4.96. The summed E-state index contributed by atoms with van der Waals surface area (Å²) >= 11 is 0. The Morgan fingerprint density at radius 3 is 2.64 bits per heavy atom. The lowest BCUT2D eigenvalue weighted by molar-refractivity contribution is 0.0693. The van der Waals surface area contributed by atoms with Crippen molar-refractivity contribution in [1.29, 1.82) is 0 Å². The number of carboxylic acids is 1. The van der Waals surface area contributed by atoms with E-state index in [-0.39, 0.29) is 11.9 Å². The molecule has 1 fully saturated rings. The van der Waals surface area contributed by atoms with Gasteiger partial charge in [-0.1, -0.05) is 18.2 Å². The predicted molar refractivity (Wildman–Crippen MR) is 94.3 cm³/mol. The summed E-state index contributed by atoms with van der Waals surface area (Å²) in [6.45, 7) is 1.81. The second-order valence-corrected chi connectivity index (χ2v) is 6.47. The Balaban J connectivity index is 1.93. The number of nitrogens with zero attached hydrogens (tertiary/aromatic N) is 1. The molecule has 1 unspecified atom stereocenters. The molecular formula is C20H19FN2O2. The van der Waals surface area contributed by atoms with Crippen LogP contribution >= 0.6 is 0 Å². The van der Waals surface area contributed by atoms with Crippen LogP contribution in [-0.2, 0) is 0 Å². The molecule has 25 heavy (non-hydrogen) atoms. The Morgan fingerprint density at radius 2 is 1.88 bits per heavy atom. The van der Waals surface area contributed by atoms with E-state index in [2.05, 4.69) is 9.88 Å². The molecule has 128 valence electrons. The second kappa shape index (κ2) is 6.33. The van der Waals surface area contributed by atoms with Crippen LogP contribution in [0.15, 0.2) is 48.7 Å². The fourth-order valence-corrected chi connectivity index (χ4v) is 3.83. The Bertz CT molecular complexity index is 928. The molecule has 1 aromatic heterocycles. The second-order valence-electron chi connectivity index (χ2n) is 6.47. The van der Waals surface area contributed by atoms with Gasteiger partial charge in [0, 0.05) is 17.1 Å². The van der Waals surface area contributed by atoms with Crippen molar-refractivity contribution in [2.45, 2.75) is 18.9 Å². The van der Waals surface area contributed by atoms with Gasteiger partial charge in [-0.2, -0.15) is 0 Å². The van der Waals surface area contributed by atoms with Crippen molar-refractivity contribution in [3.05, 3.63) is 71.2 Å². The van der Waals surface area contributed by atoms with Crippen LogP contribution in [0.3, 0.4) is 0 Å². The van der Waals surface area contributed by atoms with Crippen molar-refractivity contribution >= 4 is 16.9 Å². The lowest BCUT2D eigenvalue weighted by Gasteiger charge is -2.29. The molecule has 1 aliphatic heterocycles. The number of likely N-dealkylation sites (tertiary alicyclic amines) is 1. The zero-order valence-corrected chi connectivity index (χ0v) is 13.7. The van der Waals surface area contributed by atoms with Crippen LogP contribution in [-0.4, -0.2) is 34.0 Å². The molecule has 5 heteroatoms. The number of carboxylic acid groups (broad SMARTS) is 1. The molecule has 4 nitrogen and oxygen atoms in total. The van der Waals surface area contributed by atoms with E-state index in [1.165, 1.54) is 12.1 Å². The topological polar surface area (TPSA) is 56.3 Å². The molecule has 0 bridgehead atoms. The van der Waals surface area contributed by atoms with E-state index < -0.39 is 5.97 Å². The van der Waals surface area contributed by atoms with E-state index in [1.807, 2.05) is 18.3 Å². The molecule has 1 aliphatic rings. The molecule has 2 heterocycles. The molecule has 0 radical (unpaired) electrons. The van der Waals surface area contributed by atoms with Crippen molar-refractivity contribution < 1.29 is 14.3 Å². The zero-order chi connectivity index (χ0) is 17.4. The number of benzene rings is 2. The van der Waals surface area contributed by atoms with Gasteiger partial charge in [0.15, 0.2) is 0 Å². The first-order valence-electron chi connectivity index (χ1n) is 8.48. The van der Waals surface area contributed by atoms with Gasteiger partial charge < -0.3 is 10.1 Å². The Kier molecular flexibility index (Phi) is 4.01. The molecule has 2 N–H and O–H groups in total. The van der Waals surface area contributed by atoms with Gasteiger partial charge in [0.2, 0.25) is 0 Å². The molecule has 0 saturated carbocycles.